The van der Waals surface area contributed by atoms with Crippen LogP contribution in [0.5, 0.6) is 5.75 Å². The van der Waals surface area contributed by atoms with Gasteiger partial charge in [0.1, 0.15) is 11.4 Å². The SMILES string of the molecule is O=C1NC(=Cc2ccncc2)C(=O)N1c1ccc(OC(F)(F)F)cc1. The summed E-state index contributed by atoms with van der Waals surface area (Å²) in [6.07, 6.45) is -0.276. The Hall–Kier alpha value is -3.36. The Morgan fingerprint density at radius 3 is 2.28 bits per heavy atom. The molecule has 3 amide bonds. The molecule has 1 aromatic carbocycles. The number of amides is 3. The number of nitrogens with zero attached hydrogens (tertiary/aromatic N) is 2. The lowest BCUT2D eigenvalue weighted by Crippen LogP contribution is -2.30. The molecular formula is C16H10F3N3O3. The third kappa shape index (κ3) is 3.77. The number of pyridine rings is 1. The van der Waals surface area contributed by atoms with Crippen LogP contribution in [0.1, 0.15) is 5.56 Å². The van der Waals surface area contributed by atoms with Gasteiger partial charge < -0.3 is 10.1 Å². The predicted octanol–water partition coefficient (Wildman–Crippen LogP) is 3.08. The lowest BCUT2D eigenvalue weighted by molar-refractivity contribution is -0.274. The lowest BCUT2D eigenvalue weighted by atomic mass is 10.2. The van der Waals surface area contributed by atoms with Gasteiger partial charge in [0, 0.05) is 12.4 Å². The van der Waals surface area contributed by atoms with E-state index in [9.17, 15) is 22.8 Å². The van der Waals surface area contributed by atoms with Gasteiger partial charge in [-0.15, -0.1) is 13.2 Å². The lowest BCUT2D eigenvalue weighted by Gasteiger charge is -2.13. The van der Waals surface area contributed by atoms with Crippen molar-refractivity contribution in [1.82, 2.24) is 10.3 Å². The molecular weight excluding hydrogens is 339 g/mol. The average molecular weight is 349 g/mol. The quantitative estimate of drug-likeness (QED) is 0.683. The van der Waals surface area contributed by atoms with E-state index in [1.165, 1.54) is 30.6 Å². The summed E-state index contributed by atoms with van der Waals surface area (Å²) in [5, 5.41) is 2.42. The fourth-order valence-corrected chi connectivity index (χ4v) is 2.19. The van der Waals surface area contributed by atoms with E-state index in [1.807, 2.05) is 0 Å². The highest BCUT2D eigenvalue weighted by Gasteiger charge is 2.35. The van der Waals surface area contributed by atoms with Gasteiger partial charge in [0.05, 0.1) is 5.69 Å². The summed E-state index contributed by atoms with van der Waals surface area (Å²) in [4.78, 5) is 29.1. The van der Waals surface area contributed by atoms with Gasteiger partial charge in [0.2, 0.25) is 0 Å². The number of carbonyl (C=O) groups is 2. The smallest absolute Gasteiger partial charge is 0.406 e. The number of carbonyl (C=O) groups excluding carboxylic acids is 2. The summed E-state index contributed by atoms with van der Waals surface area (Å²) >= 11 is 0. The molecule has 1 aliphatic rings. The molecule has 3 rings (SSSR count). The summed E-state index contributed by atoms with van der Waals surface area (Å²) in [7, 11) is 0. The van der Waals surface area contributed by atoms with Crippen LogP contribution in [0.3, 0.4) is 0 Å². The first kappa shape index (κ1) is 16.5. The van der Waals surface area contributed by atoms with Gasteiger partial charge in [-0.3, -0.25) is 9.78 Å². The number of hydrogen-bond acceptors (Lipinski definition) is 4. The molecule has 1 N–H and O–H groups in total. The van der Waals surface area contributed by atoms with Crippen molar-refractivity contribution < 1.29 is 27.5 Å². The van der Waals surface area contributed by atoms with Gasteiger partial charge >= 0.3 is 12.4 Å². The van der Waals surface area contributed by atoms with Crippen molar-refractivity contribution in [2.45, 2.75) is 6.36 Å². The van der Waals surface area contributed by atoms with Crippen LogP contribution in [0.2, 0.25) is 0 Å². The van der Waals surface area contributed by atoms with Crippen LogP contribution in [0.15, 0.2) is 54.5 Å². The van der Waals surface area contributed by atoms with Gasteiger partial charge in [-0.25, -0.2) is 9.69 Å². The minimum atomic E-state index is -4.82. The normalized spacial score (nSPS) is 16.3. The number of aromatic nitrogens is 1. The molecule has 0 unspecified atom stereocenters. The molecule has 0 aliphatic carbocycles. The zero-order valence-corrected chi connectivity index (χ0v) is 12.4. The number of benzene rings is 1. The van der Waals surface area contributed by atoms with Crippen molar-refractivity contribution in [2.24, 2.45) is 0 Å². The zero-order valence-electron chi connectivity index (χ0n) is 12.4. The van der Waals surface area contributed by atoms with Crippen LogP contribution in [0, 0.1) is 0 Å². The monoisotopic (exact) mass is 349 g/mol. The number of halogens is 3. The first-order valence-electron chi connectivity index (χ1n) is 6.96. The van der Waals surface area contributed by atoms with Crippen LogP contribution < -0.4 is 15.0 Å². The first-order valence-corrected chi connectivity index (χ1v) is 6.96. The maximum atomic E-state index is 12.4. The topological polar surface area (TPSA) is 71.5 Å². The van der Waals surface area contributed by atoms with E-state index in [4.69, 9.17) is 0 Å². The fourth-order valence-electron chi connectivity index (χ4n) is 2.19. The van der Waals surface area contributed by atoms with E-state index < -0.39 is 24.1 Å². The molecule has 0 bridgehead atoms. The highest BCUT2D eigenvalue weighted by Crippen LogP contribution is 2.27. The maximum Gasteiger partial charge on any atom is 0.573 e. The Morgan fingerprint density at radius 1 is 1.04 bits per heavy atom. The Kier molecular flexibility index (Phi) is 4.14. The summed E-state index contributed by atoms with van der Waals surface area (Å²) in [5.74, 6) is -1.07. The van der Waals surface area contributed by atoms with E-state index in [0.717, 1.165) is 17.0 Å². The second-order valence-corrected chi connectivity index (χ2v) is 4.95. The molecule has 0 saturated carbocycles. The predicted molar refractivity (Wildman–Crippen MR) is 81.4 cm³/mol. The van der Waals surface area contributed by atoms with Gasteiger partial charge in [-0.2, -0.15) is 0 Å². The second kappa shape index (κ2) is 6.27. The summed E-state index contributed by atoms with van der Waals surface area (Å²) in [5.41, 5.74) is 0.830. The Labute approximate surface area is 139 Å². The molecule has 0 atom stereocenters. The zero-order chi connectivity index (χ0) is 18.0. The number of alkyl halides is 3. The standard InChI is InChI=1S/C16H10F3N3O3/c17-16(18,19)25-12-3-1-11(2-4-12)22-14(23)13(21-15(22)24)9-10-5-7-20-8-6-10/h1-9H,(H,21,24). The van der Waals surface area contributed by atoms with E-state index in [2.05, 4.69) is 15.0 Å². The molecule has 6 nitrogen and oxygen atoms in total. The van der Waals surface area contributed by atoms with Gasteiger partial charge in [0.25, 0.3) is 5.91 Å². The van der Waals surface area contributed by atoms with Gasteiger partial charge in [-0.1, -0.05) is 0 Å². The third-order valence-electron chi connectivity index (χ3n) is 3.22. The molecule has 2 heterocycles. The number of imide groups is 1. The van der Waals surface area contributed by atoms with E-state index in [0.29, 0.717) is 5.56 Å². The number of nitrogens with one attached hydrogen (secondary N) is 1. The minimum Gasteiger partial charge on any atom is -0.406 e. The molecule has 1 fully saturated rings. The molecule has 25 heavy (non-hydrogen) atoms. The van der Waals surface area contributed by atoms with Crippen LogP contribution in [-0.2, 0) is 4.79 Å². The molecule has 1 saturated heterocycles. The van der Waals surface area contributed by atoms with Crippen LogP contribution >= 0.6 is 0 Å². The Morgan fingerprint density at radius 2 is 1.68 bits per heavy atom. The highest BCUT2D eigenvalue weighted by molar-refractivity contribution is 6.28. The second-order valence-electron chi connectivity index (χ2n) is 4.95. The molecule has 0 spiro atoms. The molecule has 2 aromatic rings. The van der Waals surface area contributed by atoms with Gasteiger partial charge in [-0.05, 0) is 48.0 Å². The van der Waals surface area contributed by atoms with Crippen molar-refractivity contribution in [3.63, 3.8) is 0 Å². The number of hydrogen-bond donors (Lipinski definition) is 1. The Bertz CT molecular complexity index is 833. The summed E-state index contributed by atoms with van der Waals surface area (Å²) in [6.45, 7) is 0. The molecule has 1 aromatic heterocycles. The number of ether oxygens (including phenoxy) is 1. The number of anilines is 1. The van der Waals surface area contributed by atoms with Crippen molar-refractivity contribution in [1.29, 1.82) is 0 Å². The highest BCUT2D eigenvalue weighted by atomic mass is 19.4. The minimum absolute atomic E-state index is 0.0480. The van der Waals surface area contributed by atoms with Crippen molar-refractivity contribution >= 4 is 23.7 Å². The van der Waals surface area contributed by atoms with E-state index in [1.54, 1.807) is 12.1 Å². The fraction of sp³-hybridized carbons (Fsp3) is 0.0625. The van der Waals surface area contributed by atoms with Gasteiger partial charge in [0.15, 0.2) is 0 Å². The van der Waals surface area contributed by atoms with Crippen LogP contribution in [-0.4, -0.2) is 23.3 Å². The number of rotatable bonds is 3. The van der Waals surface area contributed by atoms with Crippen molar-refractivity contribution in [2.75, 3.05) is 4.90 Å². The molecule has 1 aliphatic heterocycles. The Balaban J connectivity index is 1.82. The van der Waals surface area contributed by atoms with E-state index in [-0.39, 0.29) is 11.4 Å². The van der Waals surface area contributed by atoms with Crippen molar-refractivity contribution in [3.05, 3.63) is 60.1 Å². The third-order valence-corrected chi connectivity index (χ3v) is 3.22. The number of urea groups is 1. The van der Waals surface area contributed by atoms with Crippen LogP contribution in [0.25, 0.3) is 6.08 Å². The average Bonchev–Trinajstić information content (AvgIpc) is 2.82. The van der Waals surface area contributed by atoms with Crippen molar-refractivity contribution in [3.8, 4) is 5.75 Å². The molecule has 0 radical (unpaired) electrons. The maximum absolute atomic E-state index is 12.4. The first-order chi connectivity index (χ1) is 11.8. The summed E-state index contributed by atoms with van der Waals surface area (Å²) in [6, 6.07) is 7.02. The summed E-state index contributed by atoms with van der Waals surface area (Å²) < 4.78 is 40.2. The van der Waals surface area contributed by atoms with E-state index >= 15 is 0 Å². The van der Waals surface area contributed by atoms with Crippen LogP contribution in [0.4, 0.5) is 23.7 Å². The molecule has 128 valence electrons. The largest absolute Gasteiger partial charge is 0.573 e. The molecule has 9 heteroatoms.